The van der Waals surface area contributed by atoms with Gasteiger partial charge in [0.1, 0.15) is 11.6 Å². The van der Waals surface area contributed by atoms with Gasteiger partial charge < -0.3 is 9.67 Å². The van der Waals surface area contributed by atoms with Crippen LogP contribution in [0.2, 0.25) is 0 Å². The summed E-state index contributed by atoms with van der Waals surface area (Å²) in [5, 5.41) is 7.12. The Morgan fingerprint density at radius 3 is 2.22 bits per heavy atom. The molecule has 0 radical (unpaired) electrons. The molecule has 36 heavy (non-hydrogen) atoms. The maximum absolute atomic E-state index is 14.3. The van der Waals surface area contributed by atoms with E-state index < -0.39 is 23.8 Å². The minimum absolute atomic E-state index is 0.339. The summed E-state index contributed by atoms with van der Waals surface area (Å²) in [7, 11) is 0. The molecule has 0 bridgehead atoms. The van der Waals surface area contributed by atoms with E-state index in [0.717, 1.165) is 35.7 Å². The first-order valence-corrected chi connectivity index (χ1v) is 11.0. The van der Waals surface area contributed by atoms with Gasteiger partial charge >= 0.3 is 12.1 Å². The van der Waals surface area contributed by atoms with Crippen molar-refractivity contribution >= 4 is 5.97 Å². The second kappa shape index (κ2) is 11.6. The molecule has 0 saturated carbocycles. The van der Waals surface area contributed by atoms with Gasteiger partial charge in [-0.05, 0) is 41.3 Å². The van der Waals surface area contributed by atoms with E-state index in [1.165, 1.54) is 17.7 Å². The fourth-order valence-corrected chi connectivity index (χ4v) is 3.63. The molecule has 0 fully saturated rings. The minimum atomic E-state index is -5.08. The fraction of sp³-hybridized carbons (Fsp3) is 0.185. The topological polar surface area (TPSA) is 55.1 Å². The molecule has 4 rings (SSSR count). The molecule has 0 unspecified atom stereocenters. The van der Waals surface area contributed by atoms with Crippen molar-refractivity contribution in [2.45, 2.75) is 32.5 Å². The number of nitrogens with zero attached hydrogens (tertiary/aromatic N) is 2. The van der Waals surface area contributed by atoms with Gasteiger partial charge in [0.05, 0.1) is 12.0 Å². The second-order valence-corrected chi connectivity index (χ2v) is 7.91. The summed E-state index contributed by atoms with van der Waals surface area (Å²) in [5.74, 6) is -3.92. The zero-order valence-corrected chi connectivity index (χ0v) is 19.3. The van der Waals surface area contributed by atoms with Gasteiger partial charge in [0, 0.05) is 23.9 Å². The van der Waals surface area contributed by atoms with E-state index in [-0.39, 0.29) is 0 Å². The third-order valence-corrected chi connectivity index (χ3v) is 5.25. The van der Waals surface area contributed by atoms with Crippen LogP contribution >= 0.6 is 0 Å². The second-order valence-electron chi connectivity index (χ2n) is 7.91. The number of benzene rings is 3. The lowest BCUT2D eigenvalue weighted by atomic mass is 10.0. The molecule has 9 heteroatoms. The normalized spacial score (nSPS) is 11.1. The predicted octanol–water partition coefficient (Wildman–Crippen LogP) is 7.13. The zero-order chi connectivity index (χ0) is 26.3. The van der Waals surface area contributed by atoms with Gasteiger partial charge in [-0.2, -0.15) is 13.2 Å². The summed E-state index contributed by atoms with van der Waals surface area (Å²) in [4.78, 5) is 13.4. The molecule has 3 aromatic carbocycles. The van der Waals surface area contributed by atoms with Gasteiger partial charge in [0.25, 0.3) is 0 Å². The minimum Gasteiger partial charge on any atom is -0.475 e. The number of alkyl halides is 3. The van der Waals surface area contributed by atoms with Crippen molar-refractivity contribution in [3.05, 3.63) is 102 Å². The molecular formula is C27H23F5N2O2. The van der Waals surface area contributed by atoms with Gasteiger partial charge in [-0.3, -0.25) is 0 Å². The smallest absolute Gasteiger partial charge is 0.475 e. The Kier molecular flexibility index (Phi) is 8.58. The lowest BCUT2D eigenvalue weighted by molar-refractivity contribution is -0.192. The van der Waals surface area contributed by atoms with E-state index in [0.29, 0.717) is 17.8 Å². The SMILES string of the molecule is CCCc1c(-c2ccc(F)cc2F)ncn1Cc1cccc(-c2ccccc2)c1.O=C(O)C(F)(F)F. The number of carbonyl (C=O) groups is 1. The Balaban J connectivity index is 0.000000454. The zero-order valence-electron chi connectivity index (χ0n) is 19.3. The Morgan fingerprint density at radius 1 is 0.944 bits per heavy atom. The summed E-state index contributed by atoms with van der Waals surface area (Å²) >= 11 is 0. The van der Waals surface area contributed by atoms with E-state index >= 15 is 0 Å². The van der Waals surface area contributed by atoms with Crippen LogP contribution < -0.4 is 0 Å². The van der Waals surface area contributed by atoms with Gasteiger partial charge in [-0.15, -0.1) is 0 Å². The van der Waals surface area contributed by atoms with Gasteiger partial charge in [0.2, 0.25) is 0 Å². The van der Waals surface area contributed by atoms with E-state index in [4.69, 9.17) is 9.90 Å². The summed E-state index contributed by atoms with van der Waals surface area (Å²) in [5.41, 5.74) is 5.36. The number of hydrogen-bond acceptors (Lipinski definition) is 2. The number of aromatic nitrogens is 2. The highest BCUT2D eigenvalue weighted by Crippen LogP contribution is 2.28. The van der Waals surface area contributed by atoms with Crippen molar-refractivity contribution in [3.63, 3.8) is 0 Å². The Labute approximate surface area is 204 Å². The fourth-order valence-electron chi connectivity index (χ4n) is 3.63. The molecule has 1 N–H and O–H groups in total. The Hall–Kier alpha value is -4.01. The van der Waals surface area contributed by atoms with E-state index in [1.807, 2.05) is 18.2 Å². The highest BCUT2D eigenvalue weighted by atomic mass is 19.4. The maximum atomic E-state index is 14.3. The predicted molar refractivity (Wildman–Crippen MR) is 126 cm³/mol. The van der Waals surface area contributed by atoms with Crippen LogP contribution in [0.1, 0.15) is 24.6 Å². The molecule has 1 aromatic heterocycles. The van der Waals surface area contributed by atoms with Gasteiger partial charge in [0.15, 0.2) is 0 Å². The molecule has 4 aromatic rings. The molecule has 0 saturated heterocycles. The first kappa shape index (κ1) is 26.6. The molecule has 4 nitrogen and oxygen atoms in total. The number of carboxylic acid groups (broad SMARTS) is 1. The monoisotopic (exact) mass is 502 g/mol. The van der Waals surface area contributed by atoms with Crippen molar-refractivity contribution in [1.29, 1.82) is 0 Å². The van der Waals surface area contributed by atoms with Crippen LogP contribution in [0.15, 0.2) is 79.1 Å². The van der Waals surface area contributed by atoms with Crippen LogP contribution in [0.5, 0.6) is 0 Å². The van der Waals surface area contributed by atoms with Crippen molar-refractivity contribution < 1.29 is 31.9 Å². The van der Waals surface area contributed by atoms with E-state index in [2.05, 4.69) is 52.9 Å². The highest BCUT2D eigenvalue weighted by Gasteiger charge is 2.38. The first-order valence-electron chi connectivity index (χ1n) is 11.0. The Morgan fingerprint density at radius 2 is 1.61 bits per heavy atom. The molecule has 188 valence electrons. The number of rotatable bonds is 6. The quantitative estimate of drug-likeness (QED) is 0.286. The molecule has 0 amide bonds. The molecule has 0 atom stereocenters. The molecule has 1 heterocycles. The van der Waals surface area contributed by atoms with Crippen LogP contribution in [-0.2, 0) is 17.8 Å². The molecule has 0 aliphatic carbocycles. The molecular weight excluding hydrogens is 479 g/mol. The van der Waals surface area contributed by atoms with Crippen molar-refractivity contribution in [3.8, 4) is 22.4 Å². The average molecular weight is 502 g/mol. The van der Waals surface area contributed by atoms with Gasteiger partial charge in [-0.1, -0.05) is 61.9 Å². The lowest BCUT2D eigenvalue weighted by Crippen LogP contribution is -2.21. The third kappa shape index (κ3) is 6.78. The van der Waals surface area contributed by atoms with Crippen LogP contribution in [0.3, 0.4) is 0 Å². The number of imidazole rings is 1. The largest absolute Gasteiger partial charge is 0.490 e. The number of halogens is 5. The molecule has 0 spiro atoms. The van der Waals surface area contributed by atoms with Crippen LogP contribution in [0, 0.1) is 11.6 Å². The number of hydrogen-bond donors (Lipinski definition) is 1. The summed E-state index contributed by atoms with van der Waals surface area (Å²) in [6.07, 6.45) is -1.66. The number of aliphatic carboxylic acids is 1. The van der Waals surface area contributed by atoms with Crippen LogP contribution in [0.25, 0.3) is 22.4 Å². The molecule has 0 aliphatic rings. The lowest BCUT2D eigenvalue weighted by Gasteiger charge is -2.11. The standard InChI is InChI=1S/C25H22F2N2.C2HF3O2/c1-2-7-24-25(22-13-12-21(26)15-23(22)27)28-17-29(24)16-18-8-6-11-20(14-18)19-9-4-3-5-10-19;3-2(4,5)1(6)7/h3-6,8-15,17H,2,7,16H2,1H3;(H,6,7). The summed E-state index contributed by atoms with van der Waals surface area (Å²) in [6.45, 7) is 2.73. The van der Waals surface area contributed by atoms with Gasteiger partial charge in [-0.25, -0.2) is 18.6 Å². The van der Waals surface area contributed by atoms with E-state index in [1.54, 1.807) is 6.33 Å². The van der Waals surface area contributed by atoms with Crippen LogP contribution in [-0.4, -0.2) is 26.8 Å². The average Bonchev–Trinajstić information content (AvgIpc) is 3.21. The van der Waals surface area contributed by atoms with E-state index in [9.17, 15) is 22.0 Å². The molecule has 0 aliphatic heterocycles. The summed E-state index contributed by atoms with van der Waals surface area (Å²) in [6, 6.07) is 22.3. The van der Waals surface area contributed by atoms with Crippen molar-refractivity contribution in [1.82, 2.24) is 9.55 Å². The highest BCUT2D eigenvalue weighted by molar-refractivity contribution is 5.73. The van der Waals surface area contributed by atoms with Crippen molar-refractivity contribution in [2.24, 2.45) is 0 Å². The van der Waals surface area contributed by atoms with Crippen molar-refractivity contribution in [2.75, 3.05) is 0 Å². The third-order valence-electron chi connectivity index (χ3n) is 5.25. The number of carboxylic acids is 1. The first-order chi connectivity index (χ1) is 17.1. The summed E-state index contributed by atoms with van der Waals surface area (Å²) < 4.78 is 61.5. The Bertz CT molecular complexity index is 1320. The van der Waals surface area contributed by atoms with Crippen LogP contribution in [0.4, 0.5) is 22.0 Å². The maximum Gasteiger partial charge on any atom is 0.490 e.